The molecule has 0 spiro atoms. The van der Waals surface area contributed by atoms with Crippen LogP contribution in [0, 0.1) is 0 Å². The molecule has 0 saturated heterocycles. The summed E-state index contributed by atoms with van der Waals surface area (Å²) in [6, 6.07) is 55.6. The first-order chi connectivity index (χ1) is 29.8. The SMILES string of the molecule is c1ccc(-c2nc3ccccn3c2-n2c3cccnc3c3c4ccc5cc6c(c7ccc(cc32)c4c57)c2ncccc2n6-c2c(-c3ccccc3)nc3ccccn23)cc1. The monoisotopic (exact) mass is 766 g/mol. The van der Waals surface area contributed by atoms with E-state index in [-0.39, 0.29) is 0 Å². The molecule has 0 aliphatic heterocycles. The highest BCUT2D eigenvalue weighted by Gasteiger charge is 2.27. The summed E-state index contributed by atoms with van der Waals surface area (Å²) in [4.78, 5) is 20.7. The van der Waals surface area contributed by atoms with Gasteiger partial charge in [0.2, 0.25) is 0 Å². The summed E-state index contributed by atoms with van der Waals surface area (Å²) in [5.41, 5.74) is 11.9. The minimum atomic E-state index is 0.888. The molecule has 60 heavy (non-hydrogen) atoms. The number of hydrogen-bond acceptors (Lipinski definition) is 4. The van der Waals surface area contributed by atoms with Gasteiger partial charge in [0.25, 0.3) is 0 Å². The van der Waals surface area contributed by atoms with E-state index in [0.717, 1.165) is 89.3 Å². The molecule has 8 nitrogen and oxygen atoms in total. The van der Waals surface area contributed by atoms with Gasteiger partial charge in [-0.1, -0.05) is 97.1 Å². The van der Waals surface area contributed by atoms with Crippen LogP contribution in [0.1, 0.15) is 0 Å². The molecule has 0 bridgehead atoms. The summed E-state index contributed by atoms with van der Waals surface area (Å²) in [6.45, 7) is 0. The van der Waals surface area contributed by atoms with E-state index in [2.05, 4.69) is 164 Å². The van der Waals surface area contributed by atoms with Gasteiger partial charge in [-0.05, 0) is 93.0 Å². The predicted octanol–water partition coefficient (Wildman–Crippen LogP) is 12.2. The summed E-state index contributed by atoms with van der Waals surface area (Å²) < 4.78 is 9.13. The van der Waals surface area contributed by atoms with Gasteiger partial charge in [0.1, 0.15) is 22.7 Å². The van der Waals surface area contributed by atoms with Crippen LogP contribution in [0.2, 0.25) is 0 Å². The number of fused-ring (bicyclic) bond motifs is 10. The normalized spacial score (nSPS) is 12.3. The zero-order valence-corrected chi connectivity index (χ0v) is 31.9. The lowest BCUT2D eigenvalue weighted by molar-refractivity contribution is 1.04. The second-order valence-corrected chi connectivity index (χ2v) is 15.5. The van der Waals surface area contributed by atoms with Gasteiger partial charge in [0.05, 0.1) is 33.1 Å². The maximum absolute atomic E-state index is 5.22. The van der Waals surface area contributed by atoms with Crippen molar-refractivity contribution >= 4 is 87.5 Å². The Bertz CT molecular complexity index is 3790. The highest BCUT2D eigenvalue weighted by molar-refractivity contribution is 6.37. The van der Waals surface area contributed by atoms with Gasteiger partial charge in [-0.25, -0.2) is 9.97 Å². The van der Waals surface area contributed by atoms with E-state index >= 15 is 0 Å². The van der Waals surface area contributed by atoms with Crippen LogP contribution < -0.4 is 0 Å². The largest absolute Gasteiger partial charge is 0.291 e. The quantitative estimate of drug-likeness (QED) is 0.167. The van der Waals surface area contributed by atoms with Crippen molar-refractivity contribution in [3.8, 4) is 34.2 Å². The van der Waals surface area contributed by atoms with Crippen molar-refractivity contribution in [2.75, 3.05) is 0 Å². The molecule has 8 heteroatoms. The highest BCUT2D eigenvalue weighted by Crippen LogP contribution is 2.47. The van der Waals surface area contributed by atoms with E-state index < -0.39 is 0 Å². The fraction of sp³-hybridized carbons (Fsp3) is 0. The first-order valence-electron chi connectivity index (χ1n) is 20.1. The summed E-state index contributed by atoms with van der Waals surface area (Å²) in [6.07, 6.45) is 8.03. The van der Waals surface area contributed by atoms with Crippen molar-refractivity contribution in [1.82, 2.24) is 37.9 Å². The molecule has 0 aliphatic carbocycles. The van der Waals surface area contributed by atoms with Gasteiger partial charge in [-0.3, -0.25) is 27.9 Å². The van der Waals surface area contributed by atoms with E-state index in [4.69, 9.17) is 19.9 Å². The molecule has 0 radical (unpaired) electrons. The van der Waals surface area contributed by atoms with Gasteiger partial charge < -0.3 is 0 Å². The lowest BCUT2D eigenvalue weighted by atomic mass is 9.91. The van der Waals surface area contributed by atoms with E-state index in [0.29, 0.717) is 0 Å². The minimum Gasteiger partial charge on any atom is -0.291 e. The fourth-order valence-electron chi connectivity index (χ4n) is 10.00. The zero-order chi connectivity index (χ0) is 39.1. The smallest absolute Gasteiger partial charge is 0.150 e. The van der Waals surface area contributed by atoms with Crippen molar-refractivity contribution in [3.05, 3.63) is 183 Å². The first kappa shape index (κ1) is 31.7. The van der Waals surface area contributed by atoms with Gasteiger partial charge in [-0.15, -0.1) is 0 Å². The van der Waals surface area contributed by atoms with Crippen molar-refractivity contribution in [2.45, 2.75) is 0 Å². The van der Waals surface area contributed by atoms with Crippen LogP contribution in [0.3, 0.4) is 0 Å². The van der Waals surface area contributed by atoms with Crippen molar-refractivity contribution < 1.29 is 0 Å². The fourth-order valence-corrected chi connectivity index (χ4v) is 10.00. The number of pyridine rings is 4. The van der Waals surface area contributed by atoms with Gasteiger partial charge >= 0.3 is 0 Å². The molecule has 14 rings (SSSR count). The van der Waals surface area contributed by atoms with Crippen LogP contribution in [-0.2, 0) is 0 Å². The Morgan fingerprint density at radius 3 is 1.28 bits per heavy atom. The van der Waals surface area contributed by atoms with Crippen LogP contribution >= 0.6 is 0 Å². The van der Waals surface area contributed by atoms with Crippen LogP contribution in [0.15, 0.2) is 183 Å². The molecule has 0 saturated carbocycles. The summed E-state index contributed by atoms with van der Waals surface area (Å²) in [7, 11) is 0. The molecular weight excluding hydrogens is 737 g/mol. The van der Waals surface area contributed by atoms with Crippen LogP contribution in [0.4, 0.5) is 0 Å². The van der Waals surface area contributed by atoms with Crippen molar-refractivity contribution in [1.29, 1.82) is 0 Å². The second-order valence-electron chi connectivity index (χ2n) is 15.5. The lowest BCUT2D eigenvalue weighted by Gasteiger charge is -2.15. The first-order valence-corrected chi connectivity index (χ1v) is 20.1. The van der Waals surface area contributed by atoms with Crippen LogP contribution in [0.25, 0.3) is 122 Å². The van der Waals surface area contributed by atoms with E-state index in [1.165, 1.54) is 32.3 Å². The molecule has 14 aromatic rings. The number of imidazole rings is 2. The Hall–Kier alpha value is -8.36. The number of benzene rings is 6. The van der Waals surface area contributed by atoms with E-state index in [1.54, 1.807) is 0 Å². The molecule has 0 N–H and O–H groups in total. The van der Waals surface area contributed by atoms with Gasteiger partial charge in [0, 0.05) is 46.7 Å². The Balaban J connectivity index is 1.11. The molecule has 0 amide bonds. The minimum absolute atomic E-state index is 0.888. The van der Waals surface area contributed by atoms with Crippen molar-refractivity contribution in [2.24, 2.45) is 0 Å². The standard InChI is InChI=1S/C52H30N8/c1-3-13-31(14-4-1)47-51(57-27-9-7-19-41(57)55-47)59-37-17-11-25-53-49(37)45-35-23-22-34-30-40-46(36-24-21-33(29-39(45)59)43(35)44(34)36)50-38(18-12-26-54-50)60(40)52-48(32-15-5-2-6-16-32)56-42-20-8-10-28-58(42)52/h1-30H. The average molecular weight is 767 g/mol. The lowest BCUT2D eigenvalue weighted by Crippen LogP contribution is -2.01. The third-order valence-corrected chi connectivity index (χ3v) is 12.4. The number of rotatable bonds is 4. The van der Waals surface area contributed by atoms with E-state index in [1.807, 2.05) is 36.7 Å². The van der Waals surface area contributed by atoms with Crippen molar-refractivity contribution in [3.63, 3.8) is 0 Å². The topological polar surface area (TPSA) is 70.2 Å². The zero-order valence-electron chi connectivity index (χ0n) is 31.9. The molecule has 0 unspecified atom stereocenters. The third kappa shape index (κ3) is 4.08. The maximum atomic E-state index is 5.22. The van der Waals surface area contributed by atoms with Gasteiger partial charge in [0.15, 0.2) is 11.6 Å². The summed E-state index contributed by atoms with van der Waals surface area (Å²) in [5.74, 6) is 1.97. The maximum Gasteiger partial charge on any atom is 0.150 e. The molecule has 0 fully saturated rings. The Morgan fingerprint density at radius 2 is 0.817 bits per heavy atom. The Kier molecular flexibility index (Phi) is 6.14. The average Bonchev–Trinajstić information content (AvgIpc) is 4.06. The van der Waals surface area contributed by atoms with E-state index in [9.17, 15) is 0 Å². The summed E-state index contributed by atoms with van der Waals surface area (Å²) in [5, 5.41) is 9.36. The molecule has 0 aliphatic rings. The Morgan fingerprint density at radius 1 is 0.367 bits per heavy atom. The third-order valence-electron chi connectivity index (χ3n) is 12.4. The number of aromatic nitrogens is 8. The molecule has 6 aromatic carbocycles. The highest BCUT2D eigenvalue weighted by atomic mass is 15.2. The molecule has 8 heterocycles. The van der Waals surface area contributed by atoms with Crippen LogP contribution in [-0.4, -0.2) is 37.9 Å². The molecule has 8 aromatic heterocycles. The molecule has 278 valence electrons. The Labute approximate surface area is 340 Å². The number of nitrogens with zero attached hydrogens (tertiary/aromatic N) is 8. The molecule has 0 atom stereocenters. The summed E-state index contributed by atoms with van der Waals surface area (Å²) >= 11 is 0. The van der Waals surface area contributed by atoms with Crippen LogP contribution in [0.5, 0.6) is 0 Å². The van der Waals surface area contributed by atoms with Gasteiger partial charge in [-0.2, -0.15) is 0 Å². The predicted molar refractivity (Wildman–Crippen MR) is 243 cm³/mol. The molecular formula is C52H30N8. The number of hydrogen-bond donors (Lipinski definition) is 0. The second kappa shape index (κ2) is 11.6.